The van der Waals surface area contributed by atoms with E-state index >= 15 is 0 Å². The number of rotatable bonds is 6. The molecule has 0 spiro atoms. The van der Waals surface area contributed by atoms with Gasteiger partial charge in [-0.1, -0.05) is 13.3 Å². The molecule has 0 unspecified atom stereocenters. The highest BCUT2D eigenvalue weighted by atomic mass is 16.6. The average molecular weight is 318 g/mol. The molecule has 8 heteroatoms. The van der Waals surface area contributed by atoms with E-state index in [0.717, 1.165) is 5.56 Å². The van der Waals surface area contributed by atoms with E-state index in [9.17, 15) is 14.9 Å². The monoisotopic (exact) mass is 318 g/mol. The minimum atomic E-state index is -0.622. The SMILES string of the molecule is CCCc1[nH]nc(C(=O)Nc2ccc(OC)cc2C)c1[N+](=O)[O-]. The third kappa shape index (κ3) is 3.47. The Balaban J connectivity index is 2.29. The fraction of sp³-hybridized carbons (Fsp3) is 0.333. The lowest BCUT2D eigenvalue weighted by atomic mass is 10.1. The van der Waals surface area contributed by atoms with E-state index in [0.29, 0.717) is 30.0 Å². The first kappa shape index (κ1) is 16.5. The van der Waals surface area contributed by atoms with E-state index in [2.05, 4.69) is 15.5 Å². The molecule has 1 aromatic carbocycles. The zero-order chi connectivity index (χ0) is 17.0. The number of hydrogen-bond donors (Lipinski definition) is 2. The van der Waals surface area contributed by atoms with Gasteiger partial charge in [0.2, 0.25) is 5.69 Å². The van der Waals surface area contributed by atoms with Crippen molar-refractivity contribution in [3.05, 3.63) is 45.3 Å². The van der Waals surface area contributed by atoms with Gasteiger partial charge < -0.3 is 10.1 Å². The maximum atomic E-state index is 12.3. The fourth-order valence-electron chi connectivity index (χ4n) is 2.24. The number of aryl methyl sites for hydroxylation is 2. The van der Waals surface area contributed by atoms with Crippen LogP contribution in [-0.4, -0.2) is 28.1 Å². The molecule has 1 amide bonds. The zero-order valence-corrected chi connectivity index (χ0v) is 13.2. The summed E-state index contributed by atoms with van der Waals surface area (Å²) in [6.45, 7) is 3.70. The summed E-state index contributed by atoms with van der Waals surface area (Å²) in [4.78, 5) is 23.0. The summed E-state index contributed by atoms with van der Waals surface area (Å²) < 4.78 is 5.10. The number of anilines is 1. The van der Waals surface area contributed by atoms with Gasteiger partial charge in [-0.25, -0.2) is 0 Å². The van der Waals surface area contributed by atoms with Crippen LogP contribution in [0.3, 0.4) is 0 Å². The Morgan fingerprint density at radius 3 is 2.78 bits per heavy atom. The number of benzene rings is 1. The van der Waals surface area contributed by atoms with Gasteiger partial charge in [-0.15, -0.1) is 0 Å². The maximum absolute atomic E-state index is 12.3. The van der Waals surface area contributed by atoms with Crippen molar-refractivity contribution in [2.24, 2.45) is 0 Å². The molecular formula is C15H18N4O4. The molecule has 8 nitrogen and oxygen atoms in total. The van der Waals surface area contributed by atoms with Gasteiger partial charge in [0, 0.05) is 5.69 Å². The number of ether oxygens (including phenoxy) is 1. The Morgan fingerprint density at radius 1 is 1.48 bits per heavy atom. The molecule has 0 aliphatic heterocycles. The van der Waals surface area contributed by atoms with Crippen LogP contribution in [-0.2, 0) is 6.42 Å². The van der Waals surface area contributed by atoms with Gasteiger partial charge in [-0.05, 0) is 37.1 Å². The van der Waals surface area contributed by atoms with Crippen molar-refractivity contribution in [3.63, 3.8) is 0 Å². The fourth-order valence-corrected chi connectivity index (χ4v) is 2.24. The summed E-state index contributed by atoms with van der Waals surface area (Å²) in [6.07, 6.45) is 1.17. The molecule has 23 heavy (non-hydrogen) atoms. The second-order valence-corrected chi connectivity index (χ2v) is 5.04. The van der Waals surface area contributed by atoms with Crippen molar-refractivity contribution >= 4 is 17.3 Å². The molecule has 0 radical (unpaired) electrons. The van der Waals surface area contributed by atoms with Gasteiger partial charge in [0.25, 0.3) is 5.91 Å². The summed E-state index contributed by atoms with van der Waals surface area (Å²) in [7, 11) is 1.55. The Kier molecular flexibility index (Phi) is 4.95. The van der Waals surface area contributed by atoms with Crippen LogP contribution in [0.25, 0.3) is 0 Å². The minimum Gasteiger partial charge on any atom is -0.497 e. The molecule has 0 fully saturated rings. The maximum Gasteiger partial charge on any atom is 0.322 e. The van der Waals surface area contributed by atoms with Crippen LogP contribution < -0.4 is 10.1 Å². The highest BCUT2D eigenvalue weighted by Gasteiger charge is 2.28. The molecule has 0 bridgehead atoms. The Labute approximate surface area is 133 Å². The Bertz CT molecular complexity index is 739. The normalized spacial score (nSPS) is 10.4. The predicted octanol–water partition coefficient (Wildman–Crippen LogP) is 2.84. The van der Waals surface area contributed by atoms with Crippen LogP contribution in [0.4, 0.5) is 11.4 Å². The second kappa shape index (κ2) is 6.91. The molecule has 122 valence electrons. The summed E-state index contributed by atoms with van der Waals surface area (Å²) >= 11 is 0. The number of carbonyl (C=O) groups is 1. The van der Waals surface area contributed by atoms with E-state index in [1.807, 2.05) is 6.92 Å². The number of amides is 1. The molecule has 0 atom stereocenters. The molecular weight excluding hydrogens is 300 g/mol. The average Bonchev–Trinajstić information content (AvgIpc) is 2.93. The van der Waals surface area contributed by atoms with E-state index in [1.54, 1.807) is 32.2 Å². The highest BCUT2D eigenvalue weighted by Crippen LogP contribution is 2.25. The first-order valence-corrected chi connectivity index (χ1v) is 7.15. The quantitative estimate of drug-likeness (QED) is 0.628. The molecule has 0 saturated carbocycles. The van der Waals surface area contributed by atoms with Crippen molar-refractivity contribution in [1.82, 2.24) is 10.2 Å². The number of nitrogens with one attached hydrogen (secondary N) is 2. The first-order valence-electron chi connectivity index (χ1n) is 7.15. The molecule has 1 heterocycles. The molecule has 0 saturated heterocycles. The predicted molar refractivity (Wildman–Crippen MR) is 84.9 cm³/mol. The molecule has 2 N–H and O–H groups in total. The number of hydrogen-bond acceptors (Lipinski definition) is 5. The lowest BCUT2D eigenvalue weighted by molar-refractivity contribution is -0.385. The Morgan fingerprint density at radius 2 is 2.22 bits per heavy atom. The second-order valence-electron chi connectivity index (χ2n) is 5.04. The van der Waals surface area contributed by atoms with E-state index in [1.165, 1.54) is 0 Å². The molecule has 2 rings (SSSR count). The third-order valence-corrected chi connectivity index (χ3v) is 3.39. The zero-order valence-electron chi connectivity index (χ0n) is 13.2. The minimum absolute atomic E-state index is 0.214. The van der Waals surface area contributed by atoms with Crippen LogP contribution in [0.15, 0.2) is 18.2 Å². The van der Waals surface area contributed by atoms with Crippen molar-refractivity contribution < 1.29 is 14.5 Å². The number of methoxy groups -OCH3 is 1. The van der Waals surface area contributed by atoms with Crippen molar-refractivity contribution in [1.29, 1.82) is 0 Å². The molecule has 0 aliphatic carbocycles. The molecule has 0 aliphatic rings. The third-order valence-electron chi connectivity index (χ3n) is 3.39. The first-order chi connectivity index (χ1) is 11.0. The van der Waals surface area contributed by atoms with Gasteiger partial charge in [-0.3, -0.25) is 20.0 Å². The largest absolute Gasteiger partial charge is 0.497 e. The van der Waals surface area contributed by atoms with Crippen LogP contribution in [0.1, 0.15) is 35.1 Å². The summed E-state index contributed by atoms with van der Waals surface area (Å²) in [5.41, 5.74) is 1.20. The summed E-state index contributed by atoms with van der Waals surface area (Å²) in [5, 5.41) is 20.3. The lowest BCUT2D eigenvalue weighted by Crippen LogP contribution is -2.15. The van der Waals surface area contributed by atoms with Crippen LogP contribution in [0.2, 0.25) is 0 Å². The highest BCUT2D eigenvalue weighted by molar-refractivity contribution is 6.06. The van der Waals surface area contributed by atoms with E-state index in [-0.39, 0.29) is 11.4 Å². The topological polar surface area (TPSA) is 110 Å². The standard InChI is InChI=1S/C15H18N4O4/c1-4-5-12-14(19(21)22)13(18-17-12)15(20)16-11-7-6-10(23-3)8-9(11)2/h6-8H,4-5H2,1-3H3,(H,16,20)(H,17,18). The summed E-state index contributed by atoms with van der Waals surface area (Å²) in [6, 6.07) is 5.14. The number of aromatic nitrogens is 2. The van der Waals surface area contributed by atoms with E-state index in [4.69, 9.17) is 4.74 Å². The molecule has 1 aromatic heterocycles. The van der Waals surface area contributed by atoms with E-state index < -0.39 is 10.8 Å². The lowest BCUT2D eigenvalue weighted by Gasteiger charge is -2.08. The van der Waals surface area contributed by atoms with Gasteiger partial charge >= 0.3 is 5.69 Å². The van der Waals surface area contributed by atoms with Gasteiger partial charge in [-0.2, -0.15) is 5.10 Å². The number of carbonyl (C=O) groups excluding carboxylic acids is 1. The van der Waals surface area contributed by atoms with Gasteiger partial charge in [0.1, 0.15) is 11.4 Å². The van der Waals surface area contributed by atoms with Crippen LogP contribution in [0.5, 0.6) is 5.75 Å². The van der Waals surface area contributed by atoms with Gasteiger partial charge in [0.05, 0.1) is 12.0 Å². The van der Waals surface area contributed by atoms with Crippen LogP contribution in [0, 0.1) is 17.0 Å². The smallest absolute Gasteiger partial charge is 0.322 e. The van der Waals surface area contributed by atoms with Gasteiger partial charge in [0.15, 0.2) is 0 Å². The Hall–Kier alpha value is -2.90. The summed E-state index contributed by atoms with van der Waals surface area (Å²) in [5.74, 6) is 0.0417. The number of aromatic amines is 1. The van der Waals surface area contributed by atoms with Crippen molar-refractivity contribution in [2.45, 2.75) is 26.7 Å². The van der Waals surface area contributed by atoms with Crippen LogP contribution >= 0.6 is 0 Å². The molecule has 2 aromatic rings. The number of nitro groups is 1. The van der Waals surface area contributed by atoms with Crippen molar-refractivity contribution in [3.8, 4) is 5.75 Å². The van der Waals surface area contributed by atoms with Crippen molar-refractivity contribution in [2.75, 3.05) is 12.4 Å². The number of nitrogens with zero attached hydrogens (tertiary/aromatic N) is 2. The number of H-pyrrole nitrogens is 1.